The zero-order chi connectivity index (χ0) is 21.9. The second-order valence-corrected chi connectivity index (χ2v) is 9.46. The summed E-state index contributed by atoms with van der Waals surface area (Å²) in [4.78, 5) is 18.8. The van der Waals surface area contributed by atoms with Crippen LogP contribution in [-0.4, -0.2) is 51.2 Å². The van der Waals surface area contributed by atoms with Gasteiger partial charge in [0, 0.05) is 17.8 Å². The number of hydrogen-bond donors (Lipinski definition) is 3. The van der Waals surface area contributed by atoms with Gasteiger partial charge in [-0.2, -0.15) is 4.98 Å². The number of anilines is 3. The van der Waals surface area contributed by atoms with Gasteiger partial charge in [-0.15, -0.1) is 10.2 Å². The van der Waals surface area contributed by atoms with Crippen LogP contribution in [0.15, 0.2) is 24.3 Å². The lowest BCUT2D eigenvalue weighted by Gasteiger charge is -2.39. The van der Waals surface area contributed by atoms with Crippen molar-refractivity contribution in [2.24, 2.45) is 5.73 Å². The summed E-state index contributed by atoms with van der Waals surface area (Å²) < 4.78 is 0. The Kier molecular flexibility index (Phi) is 6.21. The number of nitrogens with two attached hydrogens (primary N) is 1. The van der Waals surface area contributed by atoms with Gasteiger partial charge in [0.15, 0.2) is 11.5 Å². The van der Waals surface area contributed by atoms with Crippen LogP contribution in [0, 0.1) is 0 Å². The van der Waals surface area contributed by atoms with Crippen LogP contribution >= 0.6 is 0 Å². The summed E-state index contributed by atoms with van der Waals surface area (Å²) in [5.74, 6) is 0.759. The maximum absolute atomic E-state index is 11.6. The van der Waals surface area contributed by atoms with Crippen molar-refractivity contribution in [3.05, 3.63) is 35.5 Å². The lowest BCUT2D eigenvalue weighted by molar-refractivity contribution is 0.0995. The van der Waals surface area contributed by atoms with Gasteiger partial charge < -0.3 is 21.3 Å². The number of carbonyl (C=O) groups is 1. The van der Waals surface area contributed by atoms with Gasteiger partial charge in [0.1, 0.15) is 0 Å². The van der Waals surface area contributed by atoms with Crippen molar-refractivity contribution in [3.63, 3.8) is 0 Å². The molecule has 3 aliphatic rings. The Labute approximate surface area is 189 Å². The summed E-state index contributed by atoms with van der Waals surface area (Å²) in [5.41, 5.74) is 7.79. The molecule has 1 saturated heterocycles. The molecule has 0 radical (unpaired) electrons. The van der Waals surface area contributed by atoms with E-state index < -0.39 is 5.91 Å². The number of nitrogens with zero attached hydrogens (tertiary/aromatic N) is 4. The third kappa shape index (κ3) is 5.01. The van der Waals surface area contributed by atoms with E-state index in [4.69, 9.17) is 5.73 Å². The molecule has 8 nitrogen and oxygen atoms in total. The number of hydrogen-bond acceptors (Lipinski definition) is 7. The van der Waals surface area contributed by atoms with Gasteiger partial charge in [-0.3, -0.25) is 4.79 Å². The molecule has 2 heterocycles. The largest absolute Gasteiger partial charge is 0.365 e. The Bertz CT molecular complexity index is 930. The van der Waals surface area contributed by atoms with Gasteiger partial charge in [-0.1, -0.05) is 31.4 Å². The predicted octanol–water partition coefficient (Wildman–Crippen LogP) is 3.80. The van der Waals surface area contributed by atoms with Crippen LogP contribution < -0.4 is 16.4 Å². The fourth-order valence-electron chi connectivity index (χ4n) is 5.08. The van der Waals surface area contributed by atoms with E-state index in [-0.39, 0.29) is 5.69 Å². The Balaban J connectivity index is 1.19. The van der Waals surface area contributed by atoms with Crippen molar-refractivity contribution < 1.29 is 4.79 Å². The Morgan fingerprint density at radius 3 is 2.31 bits per heavy atom. The number of carbonyl (C=O) groups excluding carboxylic acids is 1. The molecule has 3 fully saturated rings. The quantitative estimate of drug-likeness (QED) is 0.607. The first-order valence-corrected chi connectivity index (χ1v) is 12.1. The SMILES string of the molecule is NC(=O)c1nnc(Nc2ccc(C3CCN(C4CCCCC4)CC3)cc2)nc1NC1CC1. The number of amides is 1. The average Bonchev–Trinajstić information content (AvgIpc) is 3.64. The third-order valence-electron chi connectivity index (χ3n) is 7.10. The highest BCUT2D eigenvalue weighted by Crippen LogP contribution is 2.33. The zero-order valence-electron chi connectivity index (χ0n) is 18.6. The van der Waals surface area contributed by atoms with E-state index in [9.17, 15) is 4.79 Å². The molecule has 0 unspecified atom stereocenters. The molecule has 8 heteroatoms. The van der Waals surface area contributed by atoms with Crippen LogP contribution in [0.5, 0.6) is 0 Å². The van der Waals surface area contributed by atoms with Crippen LogP contribution in [0.4, 0.5) is 17.5 Å². The molecule has 0 bridgehead atoms. The molecule has 2 saturated carbocycles. The fourth-order valence-corrected chi connectivity index (χ4v) is 5.08. The smallest absolute Gasteiger partial charge is 0.273 e. The van der Waals surface area contributed by atoms with Crippen LogP contribution in [0.25, 0.3) is 0 Å². The number of primary amides is 1. The van der Waals surface area contributed by atoms with Gasteiger partial charge in [-0.05, 0) is 75.2 Å². The van der Waals surface area contributed by atoms with Crippen molar-refractivity contribution in [1.29, 1.82) is 0 Å². The Morgan fingerprint density at radius 2 is 1.66 bits per heavy atom. The van der Waals surface area contributed by atoms with E-state index in [2.05, 4.69) is 55.0 Å². The molecule has 0 spiro atoms. The van der Waals surface area contributed by atoms with Crippen molar-refractivity contribution in [1.82, 2.24) is 20.1 Å². The highest BCUT2D eigenvalue weighted by molar-refractivity contribution is 5.95. The number of aromatic nitrogens is 3. The van der Waals surface area contributed by atoms with Gasteiger partial charge in [0.05, 0.1) is 0 Å². The summed E-state index contributed by atoms with van der Waals surface area (Å²) in [6.07, 6.45) is 11.6. The predicted molar refractivity (Wildman–Crippen MR) is 125 cm³/mol. The highest BCUT2D eigenvalue weighted by Gasteiger charge is 2.27. The Morgan fingerprint density at radius 1 is 0.938 bits per heavy atom. The van der Waals surface area contributed by atoms with Crippen LogP contribution in [0.2, 0.25) is 0 Å². The standard InChI is InChI=1S/C24H33N7O/c25-22(32)21-23(26-18-10-11-18)28-24(30-29-21)27-19-8-6-16(7-9-19)17-12-14-31(15-13-17)20-4-2-1-3-5-20/h6-9,17-18,20H,1-5,10-15H2,(H2,25,32)(H2,26,27,28,30). The number of benzene rings is 1. The van der Waals surface area contributed by atoms with Gasteiger partial charge >= 0.3 is 0 Å². The van der Waals surface area contributed by atoms with Crippen molar-refractivity contribution in [3.8, 4) is 0 Å². The van der Waals surface area contributed by atoms with E-state index in [0.717, 1.165) is 24.6 Å². The number of rotatable bonds is 7. The number of nitrogens with one attached hydrogen (secondary N) is 2. The van der Waals surface area contributed by atoms with Gasteiger partial charge in [-0.25, -0.2) is 0 Å². The molecule has 4 N–H and O–H groups in total. The molecule has 2 aliphatic carbocycles. The summed E-state index contributed by atoms with van der Waals surface area (Å²) in [7, 11) is 0. The first-order valence-electron chi connectivity index (χ1n) is 12.1. The minimum atomic E-state index is -0.626. The molecule has 1 amide bonds. The molecular formula is C24H33N7O. The van der Waals surface area contributed by atoms with Crippen molar-refractivity contribution in [2.75, 3.05) is 23.7 Å². The number of likely N-dealkylation sites (tertiary alicyclic amines) is 1. The van der Waals surface area contributed by atoms with E-state index >= 15 is 0 Å². The molecule has 1 aromatic carbocycles. The summed E-state index contributed by atoms with van der Waals surface area (Å²) in [5, 5.41) is 14.4. The van der Waals surface area contributed by atoms with Crippen molar-refractivity contribution >= 4 is 23.4 Å². The molecule has 0 atom stereocenters. The van der Waals surface area contributed by atoms with Crippen molar-refractivity contribution in [2.45, 2.75) is 75.8 Å². The fraction of sp³-hybridized carbons (Fsp3) is 0.583. The van der Waals surface area contributed by atoms with Crippen LogP contribution in [-0.2, 0) is 0 Å². The summed E-state index contributed by atoms with van der Waals surface area (Å²) >= 11 is 0. The zero-order valence-corrected chi connectivity index (χ0v) is 18.6. The Hall–Kier alpha value is -2.74. The average molecular weight is 436 g/mol. The molecule has 1 aliphatic heterocycles. The second kappa shape index (κ2) is 9.40. The molecule has 32 heavy (non-hydrogen) atoms. The maximum Gasteiger partial charge on any atom is 0.273 e. The molecule has 1 aromatic heterocycles. The van der Waals surface area contributed by atoms with E-state index in [0.29, 0.717) is 23.7 Å². The summed E-state index contributed by atoms with van der Waals surface area (Å²) in [6, 6.07) is 9.71. The first-order chi connectivity index (χ1) is 15.7. The van der Waals surface area contributed by atoms with Crippen LogP contribution in [0.1, 0.15) is 79.8 Å². The first kappa shape index (κ1) is 21.1. The number of piperidine rings is 1. The minimum Gasteiger partial charge on any atom is -0.365 e. The monoisotopic (exact) mass is 435 g/mol. The highest BCUT2D eigenvalue weighted by atomic mass is 16.1. The van der Waals surface area contributed by atoms with Gasteiger partial charge in [0.25, 0.3) is 5.91 Å². The molecular weight excluding hydrogens is 402 g/mol. The third-order valence-corrected chi connectivity index (χ3v) is 7.10. The molecule has 5 rings (SSSR count). The topological polar surface area (TPSA) is 109 Å². The van der Waals surface area contributed by atoms with E-state index in [1.165, 1.54) is 63.6 Å². The van der Waals surface area contributed by atoms with Crippen LogP contribution in [0.3, 0.4) is 0 Å². The summed E-state index contributed by atoms with van der Waals surface area (Å²) in [6.45, 7) is 2.44. The lowest BCUT2D eigenvalue weighted by atomic mass is 9.86. The lowest BCUT2D eigenvalue weighted by Crippen LogP contribution is -2.41. The van der Waals surface area contributed by atoms with E-state index in [1.807, 2.05) is 0 Å². The normalized spacial score (nSPS) is 20.8. The van der Waals surface area contributed by atoms with Gasteiger partial charge in [0.2, 0.25) is 5.95 Å². The minimum absolute atomic E-state index is 0.0809. The maximum atomic E-state index is 11.6. The molecule has 170 valence electrons. The molecule has 2 aromatic rings. The second-order valence-electron chi connectivity index (χ2n) is 9.46. The van der Waals surface area contributed by atoms with E-state index in [1.54, 1.807) is 0 Å².